The lowest BCUT2D eigenvalue weighted by Crippen LogP contribution is -1.98. The first-order valence-electron chi connectivity index (χ1n) is 4.42. The molecule has 0 amide bonds. The molecule has 1 aromatic rings. The second kappa shape index (κ2) is 4.19. The van der Waals surface area contributed by atoms with Crippen molar-refractivity contribution < 1.29 is 8.78 Å². The molecule has 3 heteroatoms. The predicted molar refractivity (Wildman–Crippen MR) is 49.6 cm³/mol. The quantitative estimate of drug-likeness (QED) is 0.711. The fourth-order valence-corrected chi connectivity index (χ4v) is 1.32. The van der Waals surface area contributed by atoms with Gasteiger partial charge in [0.1, 0.15) is 23.3 Å². The van der Waals surface area contributed by atoms with Crippen LogP contribution < -0.4 is 0 Å². The Hall–Kier alpha value is -1.43. The Bertz CT molecular complexity index is 354. The lowest BCUT2D eigenvalue weighted by atomic mass is 10.0. The van der Waals surface area contributed by atoms with Crippen LogP contribution in [0.1, 0.15) is 25.0 Å². The van der Waals surface area contributed by atoms with Gasteiger partial charge in [-0.1, -0.05) is 13.8 Å². The lowest BCUT2D eigenvalue weighted by molar-refractivity contribution is 0.566. The molecule has 0 bridgehead atoms. The van der Waals surface area contributed by atoms with Crippen molar-refractivity contribution in [2.75, 3.05) is 0 Å². The van der Waals surface area contributed by atoms with Crippen LogP contribution >= 0.6 is 0 Å². The SMILES string of the molecule is CC(C)Cc1cc(F)c(C#N)c(F)c1. The maximum absolute atomic E-state index is 13.1. The van der Waals surface area contributed by atoms with Gasteiger partial charge in [-0.05, 0) is 30.0 Å². The zero-order valence-corrected chi connectivity index (χ0v) is 8.14. The van der Waals surface area contributed by atoms with Gasteiger partial charge in [-0.15, -0.1) is 0 Å². The molecule has 14 heavy (non-hydrogen) atoms. The predicted octanol–water partition coefficient (Wildman–Crippen LogP) is 3.03. The Morgan fingerprint density at radius 1 is 1.29 bits per heavy atom. The van der Waals surface area contributed by atoms with Crippen molar-refractivity contribution >= 4 is 0 Å². The molecule has 1 aromatic carbocycles. The van der Waals surface area contributed by atoms with E-state index >= 15 is 0 Å². The third-order valence-corrected chi connectivity index (χ3v) is 1.86. The minimum absolute atomic E-state index is 0.335. The molecule has 1 nitrogen and oxygen atoms in total. The van der Waals surface area contributed by atoms with Crippen molar-refractivity contribution in [1.82, 2.24) is 0 Å². The maximum atomic E-state index is 13.1. The third-order valence-electron chi connectivity index (χ3n) is 1.86. The number of nitrogens with zero attached hydrogens (tertiary/aromatic N) is 1. The Kier molecular flexibility index (Phi) is 3.19. The largest absolute Gasteiger partial charge is 0.205 e. The first-order valence-corrected chi connectivity index (χ1v) is 4.42. The summed E-state index contributed by atoms with van der Waals surface area (Å²) in [4.78, 5) is 0. The van der Waals surface area contributed by atoms with E-state index in [1.54, 1.807) is 0 Å². The van der Waals surface area contributed by atoms with Crippen LogP contribution in [0.25, 0.3) is 0 Å². The van der Waals surface area contributed by atoms with Gasteiger partial charge in [0.05, 0.1) is 0 Å². The molecule has 0 spiro atoms. The molecule has 0 aliphatic carbocycles. The summed E-state index contributed by atoms with van der Waals surface area (Å²) in [7, 11) is 0. The Balaban J connectivity index is 3.09. The summed E-state index contributed by atoms with van der Waals surface area (Å²) in [6.45, 7) is 3.93. The third kappa shape index (κ3) is 2.29. The Morgan fingerprint density at radius 3 is 2.14 bits per heavy atom. The van der Waals surface area contributed by atoms with Crippen LogP contribution in [0.5, 0.6) is 0 Å². The van der Waals surface area contributed by atoms with E-state index in [4.69, 9.17) is 5.26 Å². The molecule has 0 fully saturated rings. The molecule has 0 unspecified atom stereocenters. The maximum Gasteiger partial charge on any atom is 0.144 e. The smallest absolute Gasteiger partial charge is 0.144 e. The van der Waals surface area contributed by atoms with Gasteiger partial charge >= 0.3 is 0 Å². The summed E-state index contributed by atoms with van der Waals surface area (Å²) in [5.41, 5.74) is 0.0894. The van der Waals surface area contributed by atoms with E-state index < -0.39 is 17.2 Å². The fourth-order valence-electron chi connectivity index (χ4n) is 1.32. The van der Waals surface area contributed by atoms with Gasteiger partial charge in [0.15, 0.2) is 0 Å². The minimum atomic E-state index is -0.775. The number of rotatable bonds is 2. The summed E-state index contributed by atoms with van der Waals surface area (Å²) in [5, 5.41) is 8.44. The van der Waals surface area contributed by atoms with Crippen LogP contribution in [0.15, 0.2) is 12.1 Å². The molecule has 0 N–H and O–H groups in total. The van der Waals surface area contributed by atoms with E-state index in [-0.39, 0.29) is 0 Å². The summed E-state index contributed by atoms with van der Waals surface area (Å²) >= 11 is 0. The van der Waals surface area contributed by atoms with Crippen LogP contribution in [0.4, 0.5) is 8.78 Å². The molecule has 0 atom stereocenters. The number of hydrogen-bond donors (Lipinski definition) is 0. The van der Waals surface area contributed by atoms with E-state index in [9.17, 15) is 8.78 Å². The van der Waals surface area contributed by atoms with Crippen LogP contribution in [-0.4, -0.2) is 0 Å². The highest BCUT2D eigenvalue weighted by molar-refractivity contribution is 5.35. The molecule has 1 rings (SSSR count). The summed E-state index contributed by atoms with van der Waals surface area (Å²) in [6.07, 6.45) is 0.611. The highest BCUT2D eigenvalue weighted by atomic mass is 19.1. The van der Waals surface area contributed by atoms with Crippen molar-refractivity contribution in [3.05, 3.63) is 34.9 Å². The van der Waals surface area contributed by atoms with Crippen molar-refractivity contribution in [3.8, 4) is 6.07 Å². The average Bonchev–Trinajstić information content (AvgIpc) is 2.01. The van der Waals surface area contributed by atoms with E-state index in [0.29, 0.717) is 17.9 Å². The molecule has 0 saturated carbocycles. The number of hydrogen-bond acceptors (Lipinski definition) is 1. The zero-order chi connectivity index (χ0) is 10.7. The highest BCUT2D eigenvalue weighted by Gasteiger charge is 2.10. The van der Waals surface area contributed by atoms with Crippen LogP contribution in [0, 0.1) is 28.9 Å². The summed E-state index contributed by atoms with van der Waals surface area (Å²) in [6, 6.07) is 3.94. The van der Waals surface area contributed by atoms with E-state index in [1.807, 2.05) is 13.8 Å². The summed E-state index contributed by atoms with van der Waals surface area (Å²) in [5.74, 6) is -1.21. The standard InChI is InChI=1S/C11H11F2N/c1-7(2)3-8-4-10(12)9(6-14)11(13)5-8/h4-5,7H,3H2,1-2H3. The number of benzene rings is 1. The van der Waals surface area contributed by atoms with Gasteiger partial charge in [-0.2, -0.15) is 5.26 Å². The monoisotopic (exact) mass is 195 g/mol. The van der Waals surface area contributed by atoms with Gasteiger partial charge in [0.2, 0.25) is 0 Å². The Labute approximate surface area is 82.0 Å². The van der Waals surface area contributed by atoms with Gasteiger partial charge < -0.3 is 0 Å². The topological polar surface area (TPSA) is 23.8 Å². The molecule has 0 radical (unpaired) electrons. The molecular weight excluding hydrogens is 184 g/mol. The Morgan fingerprint density at radius 2 is 1.79 bits per heavy atom. The van der Waals surface area contributed by atoms with E-state index in [2.05, 4.69) is 0 Å². The highest BCUT2D eigenvalue weighted by Crippen LogP contribution is 2.16. The molecule has 0 heterocycles. The molecule has 0 aliphatic rings. The van der Waals surface area contributed by atoms with Crippen molar-refractivity contribution in [3.63, 3.8) is 0 Å². The van der Waals surface area contributed by atoms with Crippen LogP contribution in [-0.2, 0) is 6.42 Å². The second-order valence-electron chi connectivity index (χ2n) is 3.64. The molecule has 0 saturated heterocycles. The average molecular weight is 195 g/mol. The molecular formula is C11H11F2N. The van der Waals surface area contributed by atoms with Gasteiger partial charge in [0, 0.05) is 0 Å². The number of halogens is 2. The van der Waals surface area contributed by atoms with Crippen LogP contribution in [0.2, 0.25) is 0 Å². The first-order chi connectivity index (χ1) is 6.54. The first kappa shape index (κ1) is 10.6. The zero-order valence-electron chi connectivity index (χ0n) is 8.14. The number of nitriles is 1. The van der Waals surface area contributed by atoms with E-state index in [0.717, 1.165) is 0 Å². The van der Waals surface area contributed by atoms with Crippen molar-refractivity contribution in [1.29, 1.82) is 5.26 Å². The second-order valence-corrected chi connectivity index (χ2v) is 3.64. The van der Waals surface area contributed by atoms with Gasteiger partial charge in [-0.25, -0.2) is 8.78 Å². The van der Waals surface area contributed by atoms with Crippen LogP contribution in [0.3, 0.4) is 0 Å². The molecule has 74 valence electrons. The summed E-state index contributed by atoms with van der Waals surface area (Å²) < 4.78 is 26.2. The lowest BCUT2D eigenvalue weighted by Gasteiger charge is -2.06. The van der Waals surface area contributed by atoms with Crippen molar-refractivity contribution in [2.24, 2.45) is 5.92 Å². The normalized spacial score (nSPS) is 10.3. The molecule has 0 aromatic heterocycles. The van der Waals surface area contributed by atoms with Gasteiger partial charge in [0.25, 0.3) is 0 Å². The molecule has 0 aliphatic heterocycles. The van der Waals surface area contributed by atoms with E-state index in [1.165, 1.54) is 18.2 Å². The fraction of sp³-hybridized carbons (Fsp3) is 0.364. The minimum Gasteiger partial charge on any atom is -0.205 e. The van der Waals surface area contributed by atoms with Gasteiger partial charge in [-0.3, -0.25) is 0 Å². The van der Waals surface area contributed by atoms with Crippen molar-refractivity contribution in [2.45, 2.75) is 20.3 Å².